The van der Waals surface area contributed by atoms with Crippen molar-refractivity contribution in [2.75, 3.05) is 0 Å². The summed E-state index contributed by atoms with van der Waals surface area (Å²) in [6.07, 6.45) is 0.695. The first-order valence-electron chi connectivity index (χ1n) is 5.09. The molecule has 0 spiro atoms. The Hall–Kier alpha value is -0.830. The van der Waals surface area contributed by atoms with Crippen LogP contribution >= 0.6 is 34.8 Å². The predicted octanol–water partition coefficient (Wildman–Crippen LogP) is 4.67. The van der Waals surface area contributed by atoms with Crippen molar-refractivity contribution < 1.29 is 0 Å². The second kappa shape index (κ2) is 5.21. The molecule has 0 radical (unpaired) electrons. The normalized spacial score (nSPS) is 10.6. The Balaban J connectivity index is 2.55. The Labute approximate surface area is 115 Å². The average molecular weight is 288 g/mol. The number of aryl methyl sites for hydroxylation is 1. The fourth-order valence-corrected chi connectivity index (χ4v) is 2.23. The van der Waals surface area contributed by atoms with E-state index in [4.69, 9.17) is 34.8 Å². The van der Waals surface area contributed by atoms with E-state index in [1.165, 1.54) is 0 Å². The van der Waals surface area contributed by atoms with Crippen LogP contribution in [0.5, 0.6) is 0 Å². The molecule has 1 aromatic heterocycles. The van der Waals surface area contributed by atoms with Crippen LogP contribution in [0.4, 0.5) is 0 Å². The van der Waals surface area contributed by atoms with E-state index in [0.29, 0.717) is 33.1 Å². The number of hydrogen-bond acceptors (Lipinski definition) is 2. The first-order valence-corrected chi connectivity index (χ1v) is 6.23. The second-order valence-corrected chi connectivity index (χ2v) is 4.61. The van der Waals surface area contributed by atoms with Crippen molar-refractivity contribution in [3.8, 4) is 11.1 Å². The third kappa shape index (κ3) is 2.71. The minimum atomic E-state index is 0.365. The van der Waals surface area contributed by atoms with Crippen LogP contribution in [-0.2, 0) is 6.42 Å². The number of aromatic nitrogens is 2. The summed E-state index contributed by atoms with van der Waals surface area (Å²) in [5.41, 5.74) is 1.49. The van der Waals surface area contributed by atoms with Crippen LogP contribution in [0.2, 0.25) is 15.3 Å². The van der Waals surface area contributed by atoms with Gasteiger partial charge in [0.05, 0.1) is 5.56 Å². The van der Waals surface area contributed by atoms with Gasteiger partial charge in [-0.05, 0) is 17.7 Å². The first-order chi connectivity index (χ1) is 8.11. The van der Waals surface area contributed by atoms with Gasteiger partial charge >= 0.3 is 0 Å². The monoisotopic (exact) mass is 286 g/mol. The minimum absolute atomic E-state index is 0.365. The summed E-state index contributed by atoms with van der Waals surface area (Å²) in [7, 11) is 0. The van der Waals surface area contributed by atoms with Crippen LogP contribution in [-0.4, -0.2) is 9.97 Å². The van der Waals surface area contributed by atoms with Crippen molar-refractivity contribution >= 4 is 34.8 Å². The van der Waals surface area contributed by atoms with Crippen LogP contribution < -0.4 is 0 Å². The molecular weight excluding hydrogens is 279 g/mol. The molecule has 0 aliphatic rings. The van der Waals surface area contributed by atoms with Gasteiger partial charge in [0.2, 0.25) is 0 Å². The van der Waals surface area contributed by atoms with E-state index in [2.05, 4.69) is 9.97 Å². The third-order valence-electron chi connectivity index (χ3n) is 2.32. The van der Waals surface area contributed by atoms with Gasteiger partial charge in [-0.25, -0.2) is 9.97 Å². The zero-order valence-electron chi connectivity index (χ0n) is 9.04. The van der Waals surface area contributed by atoms with E-state index >= 15 is 0 Å². The van der Waals surface area contributed by atoms with Gasteiger partial charge in [-0.2, -0.15) is 0 Å². The maximum atomic E-state index is 6.12. The largest absolute Gasteiger partial charge is 0.220 e. The number of halogens is 3. The van der Waals surface area contributed by atoms with E-state index in [1.807, 2.05) is 19.1 Å². The lowest BCUT2D eigenvalue weighted by Gasteiger charge is -2.07. The summed E-state index contributed by atoms with van der Waals surface area (Å²) in [5, 5.41) is 1.39. The summed E-state index contributed by atoms with van der Waals surface area (Å²) < 4.78 is 0. The lowest BCUT2D eigenvalue weighted by molar-refractivity contribution is 0.942. The Morgan fingerprint density at radius 1 is 0.941 bits per heavy atom. The van der Waals surface area contributed by atoms with Crippen molar-refractivity contribution in [3.63, 3.8) is 0 Å². The lowest BCUT2D eigenvalue weighted by Crippen LogP contribution is -1.96. The summed E-state index contributed by atoms with van der Waals surface area (Å²) >= 11 is 18.1. The lowest BCUT2D eigenvalue weighted by atomic mass is 10.1. The number of benzene rings is 1. The summed E-state index contributed by atoms with van der Waals surface area (Å²) in [5.74, 6) is 0.637. The highest BCUT2D eigenvalue weighted by Gasteiger charge is 2.12. The molecule has 0 fully saturated rings. The zero-order chi connectivity index (χ0) is 12.4. The van der Waals surface area contributed by atoms with Crippen molar-refractivity contribution in [1.82, 2.24) is 9.97 Å². The molecule has 0 atom stereocenters. The molecule has 0 amide bonds. The van der Waals surface area contributed by atoms with Gasteiger partial charge in [0.25, 0.3) is 0 Å². The fourth-order valence-electron chi connectivity index (χ4n) is 1.46. The molecule has 1 heterocycles. The highest BCUT2D eigenvalue weighted by molar-refractivity contribution is 6.37. The van der Waals surface area contributed by atoms with Crippen LogP contribution in [0.3, 0.4) is 0 Å². The number of rotatable bonds is 2. The van der Waals surface area contributed by atoms with Gasteiger partial charge in [0.1, 0.15) is 16.1 Å². The molecule has 2 aromatic rings. The summed E-state index contributed by atoms with van der Waals surface area (Å²) in [6, 6.07) is 7.23. The molecule has 0 saturated carbocycles. The minimum Gasteiger partial charge on any atom is -0.220 e. The molecule has 88 valence electrons. The Bertz CT molecular complexity index is 515. The number of nitrogens with zero attached hydrogens (tertiary/aromatic N) is 2. The van der Waals surface area contributed by atoms with Gasteiger partial charge in [-0.1, -0.05) is 53.9 Å². The summed E-state index contributed by atoms with van der Waals surface area (Å²) in [6.45, 7) is 1.95. The van der Waals surface area contributed by atoms with Gasteiger partial charge in [0.15, 0.2) is 0 Å². The Morgan fingerprint density at radius 3 is 1.94 bits per heavy atom. The predicted molar refractivity (Wildman–Crippen MR) is 71.9 cm³/mol. The highest BCUT2D eigenvalue weighted by atomic mass is 35.5. The molecule has 0 unspecified atom stereocenters. The molecule has 2 nitrogen and oxygen atoms in total. The van der Waals surface area contributed by atoms with Crippen molar-refractivity contribution in [3.05, 3.63) is 45.4 Å². The molecule has 17 heavy (non-hydrogen) atoms. The molecule has 0 aliphatic heterocycles. The van der Waals surface area contributed by atoms with Crippen molar-refractivity contribution in [2.45, 2.75) is 13.3 Å². The smallest absolute Gasteiger partial charge is 0.142 e. The van der Waals surface area contributed by atoms with E-state index in [0.717, 1.165) is 5.56 Å². The van der Waals surface area contributed by atoms with Gasteiger partial charge < -0.3 is 0 Å². The van der Waals surface area contributed by atoms with Crippen LogP contribution in [0.25, 0.3) is 11.1 Å². The van der Waals surface area contributed by atoms with E-state index < -0.39 is 0 Å². The average Bonchev–Trinajstić information content (AvgIpc) is 2.30. The molecular formula is C12H9Cl3N2. The SMILES string of the molecule is CCc1nc(Cl)c(-c2ccc(Cl)cc2)c(Cl)n1. The summed E-state index contributed by atoms with van der Waals surface area (Å²) in [4.78, 5) is 8.38. The number of hydrogen-bond donors (Lipinski definition) is 0. The molecule has 0 aliphatic carbocycles. The van der Waals surface area contributed by atoms with Gasteiger partial charge in [0, 0.05) is 11.4 Å². The van der Waals surface area contributed by atoms with Gasteiger partial charge in [-0.15, -0.1) is 0 Å². The molecule has 0 bridgehead atoms. The van der Waals surface area contributed by atoms with Crippen LogP contribution in [0.15, 0.2) is 24.3 Å². The van der Waals surface area contributed by atoms with Gasteiger partial charge in [-0.3, -0.25) is 0 Å². The van der Waals surface area contributed by atoms with E-state index in [9.17, 15) is 0 Å². The molecule has 5 heteroatoms. The molecule has 0 saturated heterocycles. The zero-order valence-corrected chi connectivity index (χ0v) is 11.3. The Kier molecular flexibility index (Phi) is 3.87. The Morgan fingerprint density at radius 2 is 1.47 bits per heavy atom. The molecule has 0 N–H and O–H groups in total. The van der Waals surface area contributed by atoms with Crippen molar-refractivity contribution in [2.24, 2.45) is 0 Å². The van der Waals surface area contributed by atoms with Crippen LogP contribution in [0, 0.1) is 0 Å². The van der Waals surface area contributed by atoms with Crippen molar-refractivity contribution in [1.29, 1.82) is 0 Å². The quantitative estimate of drug-likeness (QED) is 0.750. The van der Waals surface area contributed by atoms with Crippen LogP contribution in [0.1, 0.15) is 12.7 Å². The third-order valence-corrected chi connectivity index (χ3v) is 3.12. The van der Waals surface area contributed by atoms with E-state index in [1.54, 1.807) is 12.1 Å². The maximum Gasteiger partial charge on any atom is 0.142 e. The molecule has 2 rings (SSSR count). The molecule has 1 aromatic carbocycles. The topological polar surface area (TPSA) is 25.8 Å². The first kappa shape index (κ1) is 12.6. The highest BCUT2D eigenvalue weighted by Crippen LogP contribution is 2.32. The maximum absolute atomic E-state index is 6.12. The second-order valence-electron chi connectivity index (χ2n) is 3.46. The standard InChI is InChI=1S/C12H9Cl3N2/c1-2-9-16-11(14)10(12(15)17-9)7-3-5-8(13)6-4-7/h3-6H,2H2,1H3. The fraction of sp³-hybridized carbons (Fsp3) is 0.167. The van der Waals surface area contributed by atoms with E-state index in [-0.39, 0.29) is 0 Å².